The van der Waals surface area contributed by atoms with E-state index in [0.717, 1.165) is 11.3 Å². The third-order valence-electron chi connectivity index (χ3n) is 6.79. The number of ether oxygens (including phenoxy) is 2. The van der Waals surface area contributed by atoms with Gasteiger partial charge in [0, 0.05) is 38.6 Å². The quantitative estimate of drug-likeness (QED) is 0.449. The van der Waals surface area contributed by atoms with Crippen LogP contribution in [0.1, 0.15) is 53.0 Å². The molecule has 1 atom stereocenters. The van der Waals surface area contributed by atoms with Crippen LogP contribution >= 0.6 is 0 Å². The molecule has 0 bridgehead atoms. The number of carbonyl (C=O) groups is 2. The molecule has 0 saturated carbocycles. The molecule has 0 aliphatic carbocycles. The first-order chi connectivity index (χ1) is 17.4. The Morgan fingerprint density at radius 2 is 1.75 bits per heavy atom. The number of hydrogen-bond donors (Lipinski definition) is 0. The molecule has 1 aliphatic heterocycles. The Balaban J connectivity index is 1.62. The zero-order chi connectivity index (χ0) is 25.7. The summed E-state index contributed by atoms with van der Waals surface area (Å²) in [5, 5.41) is 0. The molecule has 190 valence electrons. The molecule has 1 aromatic heterocycles. The maximum absolute atomic E-state index is 13.8. The molecule has 3 aromatic rings. The Hall–Kier alpha value is -3.58. The Morgan fingerprint density at radius 1 is 1.00 bits per heavy atom. The molecule has 0 N–H and O–H groups in total. The van der Waals surface area contributed by atoms with E-state index in [9.17, 15) is 9.59 Å². The second-order valence-corrected chi connectivity index (χ2v) is 9.36. The van der Waals surface area contributed by atoms with Crippen LogP contribution in [-0.2, 0) is 16.1 Å². The van der Waals surface area contributed by atoms with E-state index >= 15 is 0 Å². The van der Waals surface area contributed by atoms with Gasteiger partial charge >= 0.3 is 0 Å². The van der Waals surface area contributed by atoms with Crippen molar-refractivity contribution in [1.29, 1.82) is 0 Å². The molecule has 2 heterocycles. The van der Waals surface area contributed by atoms with Gasteiger partial charge in [0.1, 0.15) is 12.3 Å². The number of benzene rings is 2. The lowest BCUT2D eigenvalue weighted by atomic mass is 9.95. The molecule has 7 heteroatoms. The van der Waals surface area contributed by atoms with Crippen LogP contribution in [0.25, 0.3) is 0 Å². The first kappa shape index (κ1) is 25.5. The molecule has 2 amide bonds. The van der Waals surface area contributed by atoms with Crippen LogP contribution in [-0.4, -0.2) is 66.6 Å². The monoisotopic (exact) mass is 489 g/mol. The second kappa shape index (κ2) is 11.4. The third-order valence-corrected chi connectivity index (χ3v) is 6.79. The standard InChI is InChI=1S/C29H35N3O4/c1-21(2)22-11-13-23(14-12-22)28-25-9-7-15-30(25)16-17-32(28)27(33)20-31(18-19-35-3)29(34)24-8-5-6-10-26(24)36-4/h5-15,21,28H,16-20H2,1-4H3. The smallest absolute Gasteiger partial charge is 0.258 e. The van der Waals surface area contributed by atoms with E-state index < -0.39 is 0 Å². The Bertz CT molecular complexity index is 1190. The molecule has 2 aromatic carbocycles. The highest BCUT2D eigenvalue weighted by atomic mass is 16.5. The van der Waals surface area contributed by atoms with Crippen LogP contribution in [0.4, 0.5) is 0 Å². The summed E-state index contributed by atoms with van der Waals surface area (Å²) in [4.78, 5) is 30.7. The van der Waals surface area contributed by atoms with Crippen LogP contribution in [0.15, 0.2) is 66.9 Å². The van der Waals surface area contributed by atoms with Gasteiger partial charge in [-0.3, -0.25) is 9.59 Å². The van der Waals surface area contributed by atoms with E-state index in [1.54, 1.807) is 30.2 Å². The molecule has 0 saturated heterocycles. The topological polar surface area (TPSA) is 64.0 Å². The van der Waals surface area contributed by atoms with E-state index in [2.05, 4.69) is 54.9 Å². The number of hydrogen-bond acceptors (Lipinski definition) is 4. The van der Waals surface area contributed by atoms with Gasteiger partial charge in [0.25, 0.3) is 5.91 Å². The normalized spacial score (nSPS) is 15.0. The van der Waals surface area contributed by atoms with Gasteiger partial charge < -0.3 is 23.8 Å². The van der Waals surface area contributed by atoms with Gasteiger partial charge in [-0.25, -0.2) is 0 Å². The Labute approximate surface area is 213 Å². The van der Waals surface area contributed by atoms with Gasteiger partial charge in [-0.2, -0.15) is 0 Å². The van der Waals surface area contributed by atoms with Crippen molar-refractivity contribution >= 4 is 11.8 Å². The SMILES string of the molecule is COCCN(CC(=O)N1CCn2cccc2C1c1ccc(C(C)C)cc1)C(=O)c1ccccc1OC. The number of aromatic nitrogens is 1. The molecule has 1 unspecified atom stereocenters. The maximum Gasteiger partial charge on any atom is 0.258 e. The van der Waals surface area contributed by atoms with Crippen LogP contribution in [0, 0.1) is 0 Å². The van der Waals surface area contributed by atoms with E-state index in [-0.39, 0.29) is 24.4 Å². The molecule has 0 radical (unpaired) electrons. The number of carbonyl (C=O) groups excluding carboxylic acids is 2. The molecule has 0 spiro atoms. The number of rotatable bonds is 9. The largest absolute Gasteiger partial charge is 0.496 e. The Kier molecular flexibility index (Phi) is 8.10. The van der Waals surface area contributed by atoms with Crippen molar-refractivity contribution in [2.24, 2.45) is 0 Å². The zero-order valence-electron chi connectivity index (χ0n) is 21.5. The number of amides is 2. The lowest BCUT2D eigenvalue weighted by Crippen LogP contribution is -2.48. The second-order valence-electron chi connectivity index (χ2n) is 9.36. The molecular weight excluding hydrogens is 454 g/mol. The van der Waals surface area contributed by atoms with Crippen molar-refractivity contribution in [3.05, 3.63) is 89.2 Å². The number of para-hydroxylation sites is 1. The van der Waals surface area contributed by atoms with E-state index in [0.29, 0.717) is 43.5 Å². The van der Waals surface area contributed by atoms with Crippen molar-refractivity contribution in [3.8, 4) is 5.75 Å². The van der Waals surface area contributed by atoms with Crippen LogP contribution in [0.5, 0.6) is 5.75 Å². The van der Waals surface area contributed by atoms with Gasteiger partial charge in [-0.05, 0) is 41.3 Å². The predicted molar refractivity (Wildman–Crippen MR) is 139 cm³/mol. The first-order valence-electron chi connectivity index (χ1n) is 12.4. The van der Waals surface area contributed by atoms with Gasteiger partial charge in [-0.15, -0.1) is 0 Å². The minimum Gasteiger partial charge on any atom is -0.496 e. The van der Waals surface area contributed by atoms with Crippen LogP contribution < -0.4 is 4.74 Å². The summed E-state index contributed by atoms with van der Waals surface area (Å²) in [6.45, 7) is 6.22. The first-order valence-corrected chi connectivity index (χ1v) is 12.4. The lowest BCUT2D eigenvalue weighted by molar-refractivity contribution is -0.134. The summed E-state index contributed by atoms with van der Waals surface area (Å²) in [5.74, 6) is 0.564. The predicted octanol–water partition coefficient (Wildman–Crippen LogP) is 4.34. The van der Waals surface area contributed by atoms with Crippen molar-refractivity contribution in [2.75, 3.05) is 40.5 Å². The van der Waals surface area contributed by atoms with Gasteiger partial charge in [-0.1, -0.05) is 50.2 Å². The molecule has 1 aliphatic rings. The summed E-state index contributed by atoms with van der Waals surface area (Å²) in [7, 11) is 3.12. The number of methoxy groups -OCH3 is 2. The minimum absolute atomic E-state index is 0.0402. The fourth-order valence-electron chi connectivity index (χ4n) is 4.77. The Morgan fingerprint density at radius 3 is 2.44 bits per heavy atom. The fraction of sp³-hybridized carbons (Fsp3) is 0.379. The number of fused-ring (bicyclic) bond motifs is 1. The van der Waals surface area contributed by atoms with Crippen molar-refractivity contribution in [2.45, 2.75) is 32.4 Å². The molecule has 36 heavy (non-hydrogen) atoms. The van der Waals surface area contributed by atoms with Crippen molar-refractivity contribution in [3.63, 3.8) is 0 Å². The van der Waals surface area contributed by atoms with Gasteiger partial charge in [0.2, 0.25) is 5.91 Å². The van der Waals surface area contributed by atoms with E-state index in [1.165, 1.54) is 12.7 Å². The molecule has 0 fully saturated rings. The lowest BCUT2D eigenvalue weighted by Gasteiger charge is -2.38. The highest BCUT2D eigenvalue weighted by Gasteiger charge is 2.34. The van der Waals surface area contributed by atoms with Gasteiger partial charge in [0.05, 0.1) is 25.3 Å². The summed E-state index contributed by atoms with van der Waals surface area (Å²) >= 11 is 0. The molecule has 4 rings (SSSR count). The van der Waals surface area contributed by atoms with Crippen LogP contribution in [0.2, 0.25) is 0 Å². The summed E-state index contributed by atoms with van der Waals surface area (Å²) in [5.41, 5.74) is 3.83. The highest BCUT2D eigenvalue weighted by Crippen LogP contribution is 2.33. The van der Waals surface area contributed by atoms with Crippen LogP contribution in [0.3, 0.4) is 0 Å². The highest BCUT2D eigenvalue weighted by molar-refractivity contribution is 5.99. The van der Waals surface area contributed by atoms with Crippen molar-refractivity contribution in [1.82, 2.24) is 14.4 Å². The average molecular weight is 490 g/mol. The average Bonchev–Trinajstić information content (AvgIpc) is 3.39. The minimum atomic E-state index is -0.254. The zero-order valence-corrected chi connectivity index (χ0v) is 21.5. The summed E-state index contributed by atoms with van der Waals surface area (Å²) < 4.78 is 12.8. The summed E-state index contributed by atoms with van der Waals surface area (Å²) in [6.07, 6.45) is 2.06. The molecular formula is C29H35N3O4. The number of nitrogens with zero attached hydrogens (tertiary/aromatic N) is 3. The third kappa shape index (κ3) is 5.31. The van der Waals surface area contributed by atoms with E-state index in [4.69, 9.17) is 9.47 Å². The maximum atomic E-state index is 13.8. The molecule has 7 nitrogen and oxygen atoms in total. The fourth-order valence-corrected chi connectivity index (χ4v) is 4.77. The van der Waals surface area contributed by atoms with E-state index in [1.807, 2.05) is 17.0 Å². The van der Waals surface area contributed by atoms with Gasteiger partial charge in [0.15, 0.2) is 0 Å². The summed E-state index contributed by atoms with van der Waals surface area (Å²) in [6, 6.07) is 19.5. The van der Waals surface area contributed by atoms with Crippen molar-refractivity contribution < 1.29 is 19.1 Å².